The minimum absolute atomic E-state index is 0. The summed E-state index contributed by atoms with van der Waals surface area (Å²) in [4.78, 5) is 4.14. The minimum Gasteiger partial charge on any atom is -0.383 e. The number of nitrogens with one attached hydrogen (secondary N) is 2. The van der Waals surface area contributed by atoms with E-state index in [-0.39, 0.29) is 24.0 Å². The Morgan fingerprint density at radius 2 is 2.05 bits per heavy atom. The van der Waals surface area contributed by atoms with Crippen molar-refractivity contribution in [2.75, 3.05) is 33.9 Å². The van der Waals surface area contributed by atoms with Crippen LogP contribution in [0.1, 0.15) is 17.8 Å². The van der Waals surface area contributed by atoms with Gasteiger partial charge in [0.05, 0.1) is 12.3 Å². The van der Waals surface area contributed by atoms with E-state index in [2.05, 4.69) is 33.7 Å². The van der Waals surface area contributed by atoms with Gasteiger partial charge in [0, 0.05) is 39.5 Å². The molecule has 0 saturated heterocycles. The van der Waals surface area contributed by atoms with Gasteiger partial charge in [-0.1, -0.05) is 0 Å². The lowest BCUT2D eigenvalue weighted by Crippen LogP contribution is -2.39. The van der Waals surface area contributed by atoms with E-state index in [1.54, 1.807) is 14.2 Å². The number of rotatable bonds is 7. The van der Waals surface area contributed by atoms with E-state index in [1.165, 1.54) is 5.69 Å². The van der Waals surface area contributed by atoms with Crippen LogP contribution in [0.2, 0.25) is 0 Å². The summed E-state index contributed by atoms with van der Waals surface area (Å²) in [7, 11) is 3.45. The van der Waals surface area contributed by atoms with Crippen LogP contribution in [-0.2, 0) is 11.3 Å². The Labute approximate surface area is 138 Å². The molecule has 0 aliphatic carbocycles. The summed E-state index contributed by atoms with van der Waals surface area (Å²) >= 11 is 0. The van der Waals surface area contributed by atoms with Crippen molar-refractivity contribution < 1.29 is 4.74 Å². The van der Waals surface area contributed by atoms with Crippen molar-refractivity contribution >= 4 is 29.9 Å². The highest BCUT2D eigenvalue weighted by Gasteiger charge is 2.01. The predicted octanol–water partition coefficient (Wildman–Crippen LogP) is 1.32. The fraction of sp³-hybridized carbons (Fsp3) is 0.692. The number of aryl methyl sites for hydroxylation is 3. The normalized spacial score (nSPS) is 11.1. The van der Waals surface area contributed by atoms with Crippen molar-refractivity contribution in [3.05, 3.63) is 17.5 Å². The minimum atomic E-state index is 0. The average Bonchev–Trinajstić information content (AvgIpc) is 2.71. The Bertz CT molecular complexity index is 405. The van der Waals surface area contributed by atoms with Gasteiger partial charge in [0.25, 0.3) is 0 Å². The average molecular weight is 395 g/mol. The second-order valence-electron chi connectivity index (χ2n) is 4.42. The zero-order valence-electron chi connectivity index (χ0n) is 12.8. The van der Waals surface area contributed by atoms with Crippen LogP contribution in [0, 0.1) is 13.8 Å². The van der Waals surface area contributed by atoms with Crippen LogP contribution in [0.5, 0.6) is 0 Å². The first-order valence-corrected chi connectivity index (χ1v) is 6.62. The molecule has 6 nitrogen and oxygen atoms in total. The molecular formula is C13H26IN5O. The first-order valence-electron chi connectivity index (χ1n) is 6.62. The van der Waals surface area contributed by atoms with Crippen LogP contribution in [-0.4, -0.2) is 49.6 Å². The summed E-state index contributed by atoms with van der Waals surface area (Å²) in [5.41, 5.74) is 2.28. The molecule has 0 aromatic carbocycles. The fourth-order valence-corrected chi connectivity index (χ4v) is 1.83. The number of nitrogens with zero attached hydrogens (tertiary/aromatic N) is 3. The zero-order valence-corrected chi connectivity index (χ0v) is 15.1. The first kappa shape index (κ1) is 19.2. The number of halogens is 1. The van der Waals surface area contributed by atoms with E-state index in [4.69, 9.17) is 4.74 Å². The number of hydrogen-bond acceptors (Lipinski definition) is 3. The third-order valence-corrected chi connectivity index (χ3v) is 2.76. The second-order valence-corrected chi connectivity index (χ2v) is 4.42. The van der Waals surface area contributed by atoms with Crippen molar-refractivity contribution in [3.63, 3.8) is 0 Å². The molecule has 0 radical (unpaired) electrons. The van der Waals surface area contributed by atoms with Gasteiger partial charge in [-0.05, 0) is 26.3 Å². The molecule has 0 saturated carbocycles. The van der Waals surface area contributed by atoms with Crippen LogP contribution in [0.3, 0.4) is 0 Å². The van der Waals surface area contributed by atoms with Crippen LogP contribution in [0.4, 0.5) is 0 Å². The third kappa shape index (κ3) is 7.09. The van der Waals surface area contributed by atoms with Crippen molar-refractivity contribution in [1.29, 1.82) is 0 Å². The Hall–Kier alpha value is -0.830. The van der Waals surface area contributed by atoms with Crippen molar-refractivity contribution in [2.45, 2.75) is 26.8 Å². The molecule has 20 heavy (non-hydrogen) atoms. The molecule has 1 aromatic rings. The van der Waals surface area contributed by atoms with Gasteiger partial charge in [-0.15, -0.1) is 24.0 Å². The first-order chi connectivity index (χ1) is 9.17. The molecule has 0 spiro atoms. The molecule has 1 rings (SSSR count). The highest BCUT2D eigenvalue weighted by molar-refractivity contribution is 14.0. The maximum absolute atomic E-state index is 4.98. The maximum Gasteiger partial charge on any atom is 0.191 e. The van der Waals surface area contributed by atoms with Crippen LogP contribution in [0.25, 0.3) is 0 Å². The van der Waals surface area contributed by atoms with Crippen molar-refractivity contribution in [2.24, 2.45) is 4.99 Å². The Kier molecular flexibility index (Phi) is 10.4. The Balaban J connectivity index is 0.00000361. The quantitative estimate of drug-likeness (QED) is 0.317. The van der Waals surface area contributed by atoms with E-state index in [9.17, 15) is 0 Å². The molecule has 0 unspecified atom stereocenters. The molecule has 1 heterocycles. The topological polar surface area (TPSA) is 63.5 Å². The van der Waals surface area contributed by atoms with Crippen LogP contribution >= 0.6 is 24.0 Å². The van der Waals surface area contributed by atoms with E-state index in [0.29, 0.717) is 6.61 Å². The summed E-state index contributed by atoms with van der Waals surface area (Å²) in [6, 6.07) is 2.10. The molecule has 1 aromatic heterocycles. The smallest absolute Gasteiger partial charge is 0.191 e. The van der Waals surface area contributed by atoms with Crippen LogP contribution in [0.15, 0.2) is 11.1 Å². The lowest BCUT2D eigenvalue weighted by atomic mass is 10.4. The van der Waals surface area contributed by atoms with Gasteiger partial charge >= 0.3 is 0 Å². The van der Waals surface area contributed by atoms with Gasteiger partial charge in [-0.2, -0.15) is 5.10 Å². The second kappa shape index (κ2) is 10.9. The molecule has 7 heteroatoms. The maximum atomic E-state index is 4.98. The van der Waals surface area contributed by atoms with Gasteiger partial charge in [0.1, 0.15) is 0 Å². The molecule has 0 aliphatic rings. The molecule has 0 atom stereocenters. The molecular weight excluding hydrogens is 369 g/mol. The summed E-state index contributed by atoms with van der Waals surface area (Å²) in [6.45, 7) is 7.31. The molecule has 2 N–H and O–H groups in total. The number of guanidine groups is 1. The molecule has 0 aliphatic heterocycles. The molecule has 116 valence electrons. The lowest BCUT2D eigenvalue weighted by molar-refractivity contribution is 0.203. The summed E-state index contributed by atoms with van der Waals surface area (Å²) in [5.74, 6) is 0.811. The van der Waals surface area contributed by atoms with Gasteiger partial charge in [0.15, 0.2) is 5.96 Å². The molecule has 0 bridgehead atoms. The predicted molar refractivity (Wildman–Crippen MR) is 93.0 cm³/mol. The van der Waals surface area contributed by atoms with E-state index in [0.717, 1.165) is 37.7 Å². The SMILES string of the molecule is CN=C(NCCCn1nc(C)cc1C)NCCOC.I. The van der Waals surface area contributed by atoms with Crippen LogP contribution < -0.4 is 10.6 Å². The number of aromatic nitrogens is 2. The zero-order chi connectivity index (χ0) is 14.1. The van der Waals surface area contributed by atoms with Crippen molar-refractivity contribution in [3.8, 4) is 0 Å². The number of ether oxygens (including phenoxy) is 1. The van der Waals surface area contributed by atoms with Crippen molar-refractivity contribution in [1.82, 2.24) is 20.4 Å². The van der Waals surface area contributed by atoms with E-state index in [1.807, 2.05) is 11.6 Å². The number of hydrogen-bond donors (Lipinski definition) is 2. The lowest BCUT2D eigenvalue weighted by Gasteiger charge is -2.11. The fourth-order valence-electron chi connectivity index (χ4n) is 1.83. The summed E-state index contributed by atoms with van der Waals surface area (Å²) in [5, 5.41) is 10.9. The monoisotopic (exact) mass is 395 g/mol. The van der Waals surface area contributed by atoms with Gasteiger partial charge in [-0.25, -0.2) is 0 Å². The Morgan fingerprint density at radius 1 is 1.35 bits per heavy atom. The van der Waals surface area contributed by atoms with Gasteiger partial charge in [-0.3, -0.25) is 9.67 Å². The van der Waals surface area contributed by atoms with Gasteiger partial charge < -0.3 is 15.4 Å². The standard InChI is InChI=1S/C13H25N5O.HI/c1-11-10-12(2)18(17-11)8-5-6-15-13(14-3)16-7-9-19-4;/h10H,5-9H2,1-4H3,(H2,14,15,16);1H. The molecule has 0 fully saturated rings. The van der Waals surface area contributed by atoms with E-state index >= 15 is 0 Å². The summed E-state index contributed by atoms with van der Waals surface area (Å²) < 4.78 is 7.02. The highest BCUT2D eigenvalue weighted by Crippen LogP contribution is 2.01. The van der Waals surface area contributed by atoms with Gasteiger partial charge in [0.2, 0.25) is 0 Å². The Morgan fingerprint density at radius 3 is 2.60 bits per heavy atom. The van der Waals surface area contributed by atoms with E-state index < -0.39 is 0 Å². The summed E-state index contributed by atoms with van der Waals surface area (Å²) in [6.07, 6.45) is 1.01. The molecule has 0 amide bonds. The largest absolute Gasteiger partial charge is 0.383 e. The third-order valence-electron chi connectivity index (χ3n) is 2.76. The highest BCUT2D eigenvalue weighted by atomic mass is 127. The number of aliphatic imine (C=N–C) groups is 1. The number of methoxy groups -OCH3 is 1.